The quantitative estimate of drug-likeness (QED) is 0.826. The van der Waals surface area contributed by atoms with Crippen LogP contribution < -0.4 is 4.74 Å². The minimum absolute atomic E-state index is 0.0289. The van der Waals surface area contributed by atoms with Crippen molar-refractivity contribution < 1.29 is 19.4 Å². The molecule has 1 fully saturated rings. The molecule has 1 saturated carbocycles. The monoisotopic (exact) mass is 369 g/mol. The van der Waals surface area contributed by atoms with Crippen LogP contribution in [0.3, 0.4) is 0 Å². The number of carbonyl (C=O) groups is 2. The van der Waals surface area contributed by atoms with E-state index in [1.54, 1.807) is 24.1 Å². The second kappa shape index (κ2) is 11.0. The summed E-state index contributed by atoms with van der Waals surface area (Å²) in [6.07, 6.45) is 4.88. The molecule has 2 aromatic rings. The van der Waals surface area contributed by atoms with E-state index in [-0.39, 0.29) is 12.0 Å². The van der Waals surface area contributed by atoms with Crippen molar-refractivity contribution in [3.63, 3.8) is 0 Å². The number of carbonyl (C=O) groups excluding carboxylic acids is 1. The average Bonchev–Trinajstić information content (AvgIpc) is 2.70. The van der Waals surface area contributed by atoms with E-state index in [1.807, 2.05) is 48.5 Å². The van der Waals surface area contributed by atoms with E-state index in [0.29, 0.717) is 12.3 Å². The lowest BCUT2D eigenvalue weighted by atomic mass is 9.90. The summed E-state index contributed by atoms with van der Waals surface area (Å²) in [6, 6.07) is 18.9. The van der Waals surface area contributed by atoms with Crippen molar-refractivity contribution in [2.24, 2.45) is 5.92 Å². The van der Waals surface area contributed by atoms with Gasteiger partial charge in [-0.25, -0.2) is 4.79 Å². The minimum atomic E-state index is -0.602. The second-order valence-electron chi connectivity index (χ2n) is 6.70. The van der Waals surface area contributed by atoms with Crippen molar-refractivity contribution in [2.45, 2.75) is 38.6 Å². The first-order chi connectivity index (χ1) is 13.1. The van der Waals surface area contributed by atoms with E-state index in [4.69, 9.17) is 9.84 Å². The number of hydrogen-bond acceptors (Lipinski definition) is 3. The van der Waals surface area contributed by atoms with Gasteiger partial charge in [-0.1, -0.05) is 67.8 Å². The highest BCUT2D eigenvalue weighted by molar-refractivity contribution is 5.70. The fourth-order valence-corrected chi connectivity index (χ4v) is 2.94. The highest BCUT2D eigenvalue weighted by Crippen LogP contribution is 2.23. The van der Waals surface area contributed by atoms with Gasteiger partial charge in [-0.05, 0) is 30.5 Å². The third kappa shape index (κ3) is 7.52. The summed E-state index contributed by atoms with van der Waals surface area (Å²) in [5.74, 6) is -0.0733. The van der Waals surface area contributed by atoms with Gasteiger partial charge in [0.05, 0.1) is 5.92 Å². The highest BCUT2D eigenvalue weighted by Gasteiger charge is 2.19. The Hall–Kier alpha value is -2.82. The maximum atomic E-state index is 11.8. The molecule has 1 aliphatic carbocycles. The van der Waals surface area contributed by atoms with Crippen molar-refractivity contribution in [1.82, 2.24) is 4.90 Å². The third-order valence-corrected chi connectivity index (χ3v) is 4.48. The van der Waals surface area contributed by atoms with Gasteiger partial charge in [0.25, 0.3) is 0 Å². The van der Waals surface area contributed by atoms with Crippen molar-refractivity contribution in [3.8, 4) is 5.75 Å². The third-order valence-electron chi connectivity index (χ3n) is 4.48. The van der Waals surface area contributed by atoms with Gasteiger partial charge in [-0.3, -0.25) is 4.79 Å². The van der Waals surface area contributed by atoms with Gasteiger partial charge in [0.1, 0.15) is 5.75 Å². The first kappa shape index (κ1) is 20.5. The van der Waals surface area contributed by atoms with Gasteiger partial charge in [0.15, 0.2) is 0 Å². The fraction of sp³-hybridized carbons (Fsp3) is 0.364. The Morgan fingerprint density at radius 1 is 0.963 bits per heavy atom. The summed E-state index contributed by atoms with van der Waals surface area (Å²) in [5.41, 5.74) is 1.07. The maximum absolute atomic E-state index is 11.8. The summed E-state index contributed by atoms with van der Waals surface area (Å²) in [6.45, 7) is 0.534. The molecule has 27 heavy (non-hydrogen) atoms. The number of rotatable bonds is 4. The summed E-state index contributed by atoms with van der Waals surface area (Å²) in [5, 5.41) is 8.54. The molecule has 0 spiro atoms. The largest absolute Gasteiger partial charge is 0.481 e. The zero-order chi connectivity index (χ0) is 19.5. The predicted molar refractivity (Wildman–Crippen MR) is 105 cm³/mol. The molecule has 0 radical (unpaired) electrons. The van der Waals surface area contributed by atoms with E-state index < -0.39 is 5.97 Å². The van der Waals surface area contributed by atoms with E-state index in [1.165, 1.54) is 6.42 Å². The molecule has 1 aliphatic rings. The molecule has 0 saturated heterocycles. The zero-order valence-electron chi connectivity index (χ0n) is 15.7. The Morgan fingerprint density at radius 3 is 2.04 bits per heavy atom. The van der Waals surface area contributed by atoms with Crippen molar-refractivity contribution in [2.75, 3.05) is 7.05 Å². The Labute approximate surface area is 160 Å². The van der Waals surface area contributed by atoms with Crippen LogP contribution in [0.15, 0.2) is 60.7 Å². The smallest absolute Gasteiger partial charge is 0.415 e. The lowest BCUT2D eigenvalue weighted by Crippen LogP contribution is -2.29. The number of carboxylic acids is 1. The van der Waals surface area contributed by atoms with Crippen molar-refractivity contribution >= 4 is 12.1 Å². The zero-order valence-corrected chi connectivity index (χ0v) is 15.7. The molecule has 0 atom stereocenters. The molecule has 144 valence electrons. The van der Waals surface area contributed by atoms with Crippen molar-refractivity contribution in [3.05, 3.63) is 66.2 Å². The SMILES string of the molecule is CN(Cc1ccccc1)C(=O)Oc1ccccc1.O=C(O)C1CCCCC1. The molecular weight excluding hydrogens is 342 g/mol. The molecule has 1 amide bonds. The van der Waals surface area contributed by atoms with Gasteiger partial charge < -0.3 is 14.7 Å². The molecule has 0 aliphatic heterocycles. The molecule has 0 heterocycles. The topological polar surface area (TPSA) is 66.8 Å². The summed E-state index contributed by atoms with van der Waals surface area (Å²) < 4.78 is 5.24. The van der Waals surface area contributed by atoms with E-state index in [0.717, 1.165) is 31.2 Å². The number of ether oxygens (including phenoxy) is 1. The Morgan fingerprint density at radius 2 is 1.52 bits per heavy atom. The van der Waals surface area contributed by atoms with Crippen LogP contribution >= 0.6 is 0 Å². The van der Waals surface area contributed by atoms with Gasteiger partial charge in [-0.2, -0.15) is 0 Å². The van der Waals surface area contributed by atoms with Gasteiger partial charge in [-0.15, -0.1) is 0 Å². The van der Waals surface area contributed by atoms with Crippen LogP contribution in [0.2, 0.25) is 0 Å². The number of carboxylic acid groups (broad SMARTS) is 1. The number of aliphatic carboxylic acids is 1. The average molecular weight is 369 g/mol. The Kier molecular flexibility index (Phi) is 8.36. The van der Waals surface area contributed by atoms with Crippen LogP contribution in [0, 0.1) is 5.92 Å². The molecular formula is C22H27NO4. The van der Waals surface area contributed by atoms with Gasteiger partial charge in [0, 0.05) is 13.6 Å². The Balaban J connectivity index is 0.000000244. The van der Waals surface area contributed by atoms with Crippen LogP contribution in [0.1, 0.15) is 37.7 Å². The van der Waals surface area contributed by atoms with Crippen LogP contribution in [0.4, 0.5) is 4.79 Å². The summed E-state index contributed by atoms with van der Waals surface area (Å²) >= 11 is 0. The van der Waals surface area contributed by atoms with E-state index >= 15 is 0 Å². The van der Waals surface area contributed by atoms with Crippen LogP contribution in [0.5, 0.6) is 5.75 Å². The summed E-state index contributed by atoms with van der Waals surface area (Å²) in [7, 11) is 1.72. The highest BCUT2D eigenvalue weighted by atomic mass is 16.6. The molecule has 5 heteroatoms. The minimum Gasteiger partial charge on any atom is -0.481 e. The van der Waals surface area contributed by atoms with E-state index in [9.17, 15) is 9.59 Å². The van der Waals surface area contributed by atoms with Crippen LogP contribution in [-0.2, 0) is 11.3 Å². The lowest BCUT2D eigenvalue weighted by Gasteiger charge is -2.16. The number of nitrogens with zero attached hydrogens (tertiary/aromatic N) is 1. The van der Waals surface area contributed by atoms with Crippen LogP contribution in [0.25, 0.3) is 0 Å². The number of para-hydroxylation sites is 1. The van der Waals surface area contributed by atoms with E-state index in [2.05, 4.69) is 0 Å². The number of amides is 1. The molecule has 5 nitrogen and oxygen atoms in total. The fourth-order valence-electron chi connectivity index (χ4n) is 2.94. The number of hydrogen-bond donors (Lipinski definition) is 1. The maximum Gasteiger partial charge on any atom is 0.415 e. The van der Waals surface area contributed by atoms with Gasteiger partial charge >= 0.3 is 12.1 Å². The molecule has 0 bridgehead atoms. The second-order valence-corrected chi connectivity index (χ2v) is 6.70. The summed E-state index contributed by atoms with van der Waals surface area (Å²) in [4.78, 5) is 23.7. The predicted octanol–water partition coefficient (Wildman–Crippen LogP) is 4.97. The lowest BCUT2D eigenvalue weighted by molar-refractivity contribution is -0.142. The molecule has 2 aromatic carbocycles. The van der Waals surface area contributed by atoms with Crippen LogP contribution in [-0.4, -0.2) is 29.1 Å². The molecule has 0 aromatic heterocycles. The van der Waals surface area contributed by atoms with Gasteiger partial charge in [0.2, 0.25) is 0 Å². The standard InChI is InChI=1S/C15H15NO2.C7H12O2/c1-16(12-13-8-4-2-5-9-13)15(17)18-14-10-6-3-7-11-14;8-7(9)6-4-2-1-3-5-6/h2-11H,12H2,1H3;6H,1-5H2,(H,8,9). The normalized spacial score (nSPS) is 13.8. The number of benzene rings is 2. The van der Waals surface area contributed by atoms with Crippen molar-refractivity contribution in [1.29, 1.82) is 0 Å². The molecule has 0 unspecified atom stereocenters. The first-order valence-corrected chi connectivity index (χ1v) is 9.31. The first-order valence-electron chi connectivity index (χ1n) is 9.31. The molecule has 1 N–H and O–H groups in total. The Bertz CT molecular complexity index is 697. The molecule has 3 rings (SSSR count).